The van der Waals surface area contributed by atoms with Gasteiger partial charge in [0.2, 0.25) is 10.0 Å². The number of benzene rings is 1. The molecule has 1 aromatic carbocycles. The van der Waals surface area contributed by atoms with Gasteiger partial charge in [-0.25, -0.2) is 18.4 Å². The van der Waals surface area contributed by atoms with Crippen LogP contribution in [0.2, 0.25) is 0 Å². The van der Waals surface area contributed by atoms with Crippen LogP contribution in [-0.2, 0) is 21.2 Å². The van der Waals surface area contributed by atoms with E-state index < -0.39 is 22.0 Å². The van der Waals surface area contributed by atoms with Crippen molar-refractivity contribution in [2.45, 2.75) is 6.42 Å². The van der Waals surface area contributed by atoms with E-state index in [1.807, 2.05) is 0 Å². The second kappa shape index (κ2) is 6.87. The van der Waals surface area contributed by atoms with Crippen molar-refractivity contribution < 1.29 is 23.1 Å². The van der Waals surface area contributed by atoms with Gasteiger partial charge >= 0.3 is 12.0 Å². The fraction of sp³-hybridized carbons (Fsp3) is 0.273. The molecule has 1 rings (SSSR count). The number of hydrogen-bond donors (Lipinski definition) is 4. The third-order valence-corrected chi connectivity index (χ3v) is 3.05. The van der Waals surface area contributed by atoms with E-state index in [2.05, 4.69) is 10.6 Å². The topological polar surface area (TPSA) is 139 Å². The average molecular weight is 301 g/mol. The highest BCUT2D eigenvalue weighted by molar-refractivity contribution is 7.89. The zero-order valence-corrected chi connectivity index (χ0v) is 11.3. The number of carbonyl (C=O) groups is 2. The standard InChI is InChI=1S/C11H15N3O5S/c12-20(18,19)6-5-13-11(17)14-9-4-2-1-3-8(9)7-10(15)16/h1-4H,5-7H2,(H,15,16)(H2,12,18,19)(H2,13,14,17). The summed E-state index contributed by atoms with van der Waals surface area (Å²) in [6.45, 7) is -0.133. The minimum absolute atomic E-state index is 0.133. The molecular weight excluding hydrogens is 286 g/mol. The highest BCUT2D eigenvalue weighted by atomic mass is 32.2. The molecule has 110 valence electrons. The van der Waals surface area contributed by atoms with E-state index in [0.29, 0.717) is 11.3 Å². The van der Waals surface area contributed by atoms with E-state index in [1.54, 1.807) is 24.3 Å². The molecular formula is C11H15N3O5S. The lowest BCUT2D eigenvalue weighted by Crippen LogP contribution is -2.34. The molecule has 0 spiro atoms. The lowest BCUT2D eigenvalue weighted by molar-refractivity contribution is -0.136. The summed E-state index contributed by atoms with van der Waals surface area (Å²) in [6, 6.07) is 5.80. The Bertz CT molecular complexity index is 600. The molecule has 0 atom stereocenters. The van der Waals surface area contributed by atoms with Gasteiger partial charge in [-0.3, -0.25) is 4.79 Å². The largest absolute Gasteiger partial charge is 0.481 e. The zero-order chi connectivity index (χ0) is 15.2. The van der Waals surface area contributed by atoms with E-state index in [1.165, 1.54) is 0 Å². The van der Waals surface area contributed by atoms with Crippen LogP contribution in [0.3, 0.4) is 0 Å². The number of carboxylic acids is 1. The minimum Gasteiger partial charge on any atom is -0.481 e. The quantitative estimate of drug-likeness (QED) is 0.572. The summed E-state index contributed by atoms with van der Waals surface area (Å²) in [5, 5.41) is 18.3. The Morgan fingerprint density at radius 3 is 2.50 bits per heavy atom. The number of sulfonamides is 1. The van der Waals surface area contributed by atoms with Gasteiger partial charge in [-0.15, -0.1) is 0 Å². The number of rotatable bonds is 6. The molecule has 0 aromatic heterocycles. The van der Waals surface area contributed by atoms with Crippen LogP contribution in [0, 0.1) is 0 Å². The van der Waals surface area contributed by atoms with Crippen molar-refractivity contribution in [2.75, 3.05) is 17.6 Å². The maximum Gasteiger partial charge on any atom is 0.319 e. The molecule has 1 aromatic rings. The molecule has 0 aliphatic carbocycles. The first-order valence-electron chi connectivity index (χ1n) is 5.63. The molecule has 0 saturated carbocycles. The van der Waals surface area contributed by atoms with Crippen LogP contribution in [0.15, 0.2) is 24.3 Å². The molecule has 2 amide bonds. The predicted octanol–water partition coefficient (Wildman–Crippen LogP) is -0.276. The number of aliphatic carboxylic acids is 1. The van der Waals surface area contributed by atoms with Crippen LogP contribution < -0.4 is 15.8 Å². The monoisotopic (exact) mass is 301 g/mol. The summed E-state index contributed by atoms with van der Waals surface area (Å²) < 4.78 is 21.4. The summed E-state index contributed by atoms with van der Waals surface area (Å²) in [5.74, 6) is -1.40. The lowest BCUT2D eigenvalue weighted by atomic mass is 10.1. The molecule has 0 bridgehead atoms. The van der Waals surface area contributed by atoms with E-state index in [9.17, 15) is 18.0 Å². The first-order chi connectivity index (χ1) is 9.28. The summed E-state index contributed by atoms with van der Waals surface area (Å²) in [6.07, 6.45) is -0.229. The summed E-state index contributed by atoms with van der Waals surface area (Å²) in [7, 11) is -3.64. The van der Waals surface area contributed by atoms with Crippen molar-refractivity contribution in [1.29, 1.82) is 0 Å². The van der Waals surface area contributed by atoms with Crippen molar-refractivity contribution >= 4 is 27.7 Å². The Morgan fingerprint density at radius 2 is 1.90 bits per heavy atom. The first-order valence-corrected chi connectivity index (χ1v) is 7.34. The number of hydrogen-bond acceptors (Lipinski definition) is 4. The van der Waals surface area contributed by atoms with Gasteiger partial charge in [-0.2, -0.15) is 0 Å². The average Bonchev–Trinajstić information content (AvgIpc) is 2.29. The molecule has 5 N–H and O–H groups in total. The van der Waals surface area contributed by atoms with Gasteiger partial charge in [-0.1, -0.05) is 18.2 Å². The fourth-order valence-electron chi connectivity index (χ4n) is 1.43. The molecule has 0 aliphatic heterocycles. The molecule has 0 saturated heterocycles. The van der Waals surface area contributed by atoms with Crippen molar-refractivity contribution in [1.82, 2.24) is 5.32 Å². The molecule has 8 nitrogen and oxygen atoms in total. The van der Waals surface area contributed by atoms with Crippen LogP contribution in [-0.4, -0.2) is 37.8 Å². The second-order valence-electron chi connectivity index (χ2n) is 3.98. The maximum atomic E-state index is 11.5. The third-order valence-electron chi connectivity index (χ3n) is 2.28. The number of para-hydroxylation sites is 1. The van der Waals surface area contributed by atoms with Crippen LogP contribution >= 0.6 is 0 Å². The van der Waals surface area contributed by atoms with Gasteiger partial charge in [0, 0.05) is 12.2 Å². The Balaban J connectivity index is 2.59. The van der Waals surface area contributed by atoms with Crippen LogP contribution in [0.25, 0.3) is 0 Å². The van der Waals surface area contributed by atoms with Crippen LogP contribution in [0.4, 0.5) is 10.5 Å². The number of nitrogens with one attached hydrogen (secondary N) is 2. The minimum atomic E-state index is -3.64. The van der Waals surface area contributed by atoms with Gasteiger partial charge in [0.15, 0.2) is 0 Å². The Kier molecular flexibility index (Phi) is 5.47. The number of nitrogens with two attached hydrogens (primary N) is 1. The summed E-state index contributed by atoms with van der Waals surface area (Å²) >= 11 is 0. The number of carboxylic acid groups (broad SMARTS) is 1. The fourth-order valence-corrected chi connectivity index (χ4v) is 1.82. The molecule has 0 aliphatic rings. The molecule has 0 heterocycles. The van der Waals surface area contributed by atoms with E-state index >= 15 is 0 Å². The Labute approximate surface area is 116 Å². The van der Waals surface area contributed by atoms with Crippen molar-refractivity contribution in [3.63, 3.8) is 0 Å². The molecule has 0 unspecified atom stereocenters. The number of carbonyl (C=O) groups excluding carboxylic acids is 1. The normalized spacial score (nSPS) is 10.8. The van der Waals surface area contributed by atoms with Crippen LogP contribution in [0.1, 0.15) is 5.56 Å². The molecule has 9 heteroatoms. The van der Waals surface area contributed by atoms with E-state index in [-0.39, 0.29) is 18.7 Å². The maximum absolute atomic E-state index is 11.5. The Hall–Kier alpha value is -2.13. The highest BCUT2D eigenvalue weighted by Crippen LogP contribution is 2.15. The molecule has 0 fully saturated rings. The first kappa shape index (κ1) is 15.9. The van der Waals surface area contributed by atoms with Crippen molar-refractivity contribution in [3.05, 3.63) is 29.8 Å². The molecule has 0 radical (unpaired) electrons. The lowest BCUT2D eigenvalue weighted by Gasteiger charge is -2.10. The third kappa shape index (κ3) is 6.16. The van der Waals surface area contributed by atoms with E-state index in [4.69, 9.17) is 10.2 Å². The summed E-state index contributed by atoms with van der Waals surface area (Å²) in [5.41, 5.74) is 0.796. The SMILES string of the molecule is NS(=O)(=O)CCNC(=O)Nc1ccccc1CC(=O)O. The second-order valence-corrected chi connectivity index (χ2v) is 5.71. The number of anilines is 1. The van der Waals surface area contributed by atoms with Gasteiger partial charge in [0.1, 0.15) is 0 Å². The molecule has 20 heavy (non-hydrogen) atoms. The van der Waals surface area contributed by atoms with Crippen molar-refractivity contribution in [2.24, 2.45) is 5.14 Å². The van der Waals surface area contributed by atoms with E-state index in [0.717, 1.165) is 0 Å². The zero-order valence-electron chi connectivity index (χ0n) is 10.5. The van der Waals surface area contributed by atoms with Crippen molar-refractivity contribution in [3.8, 4) is 0 Å². The summed E-state index contributed by atoms with van der Waals surface area (Å²) in [4.78, 5) is 22.2. The number of urea groups is 1. The van der Waals surface area contributed by atoms with Gasteiger partial charge in [0.05, 0.1) is 12.2 Å². The number of amides is 2. The smallest absolute Gasteiger partial charge is 0.319 e. The van der Waals surface area contributed by atoms with Gasteiger partial charge in [0.25, 0.3) is 0 Å². The van der Waals surface area contributed by atoms with Crippen LogP contribution in [0.5, 0.6) is 0 Å². The predicted molar refractivity (Wildman–Crippen MR) is 72.8 cm³/mol. The number of primary sulfonamides is 1. The highest BCUT2D eigenvalue weighted by Gasteiger charge is 2.09. The van der Waals surface area contributed by atoms with Gasteiger partial charge < -0.3 is 15.7 Å². The van der Waals surface area contributed by atoms with Gasteiger partial charge in [-0.05, 0) is 11.6 Å². The Morgan fingerprint density at radius 1 is 1.25 bits per heavy atom.